The molecule has 1 N–H and O–H groups in total. The maximum absolute atomic E-state index is 12.4. The number of benzene rings is 1. The van der Waals surface area contributed by atoms with Crippen LogP contribution in [0.25, 0.3) is 0 Å². The Morgan fingerprint density at radius 1 is 1.25 bits per heavy atom. The van der Waals surface area contributed by atoms with Crippen LogP contribution in [-0.2, 0) is 6.54 Å². The molecule has 122 valence electrons. The minimum Gasteiger partial charge on any atom is -0.479 e. The summed E-state index contributed by atoms with van der Waals surface area (Å²) in [6.45, 7) is 0.346. The van der Waals surface area contributed by atoms with Crippen LogP contribution >= 0.6 is 11.6 Å². The predicted molar refractivity (Wildman–Crippen MR) is 89.3 cm³/mol. The van der Waals surface area contributed by atoms with Crippen molar-refractivity contribution < 1.29 is 9.53 Å². The van der Waals surface area contributed by atoms with E-state index in [0.717, 1.165) is 5.56 Å². The van der Waals surface area contributed by atoms with Gasteiger partial charge >= 0.3 is 0 Å². The standard InChI is InChI=1S/C16H14ClN5O2/c1-24-16-14(15(23)19-12-6-8-18-9-7-12)20-21-22(16)10-11-4-2-3-5-13(11)17/h2-9H,10H2,1H3,(H,18,19,23). The Labute approximate surface area is 143 Å². The predicted octanol–water partition coefficient (Wildman–Crippen LogP) is 2.64. The first-order valence-electron chi connectivity index (χ1n) is 7.11. The van der Waals surface area contributed by atoms with Gasteiger partial charge in [-0.15, -0.1) is 5.10 Å². The van der Waals surface area contributed by atoms with Gasteiger partial charge in [0.2, 0.25) is 11.6 Å². The van der Waals surface area contributed by atoms with E-state index in [2.05, 4.69) is 20.6 Å². The third-order valence-electron chi connectivity index (χ3n) is 3.31. The Hall–Kier alpha value is -2.93. The lowest BCUT2D eigenvalue weighted by Crippen LogP contribution is -2.14. The zero-order valence-corrected chi connectivity index (χ0v) is 13.6. The largest absolute Gasteiger partial charge is 0.479 e. The third-order valence-corrected chi connectivity index (χ3v) is 3.68. The van der Waals surface area contributed by atoms with E-state index in [0.29, 0.717) is 17.3 Å². The van der Waals surface area contributed by atoms with E-state index in [9.17, 15) is 4.79 Å². The molecule has 0 saturated carbocycles. The number of pyridine rings is 1. The van der Waals surface area contributed by atoms with Crippen molar-refractivity contribution in [3.8, 4) is 5.88 Å². The maximum atomic E-state index is 12.4. The maximum Gasteiger partial charge on any atom is 0.281 e. The van der Waals surface area contributed by atoms with Crippen molar-refractivity contribution >= 4 is 23.2 Å². The molecule has 3 aromatic rings. The molecule has 0 spiro atoms. The van der Waals surface area contributed by atoms with Crippen LogP contribution in [0.5, 0.6) is 5.88 Å². The number of anilines is 1. The lowest BCUT2D eigenvalue weighted by atomic mass is 10.2. The molecule has 24 heavy (non-hydrogen) atoms. The monoisotopic (exact) mass is 343 g/mol. The van der Waals surface area contributed by atoms with E-state index in [1.165, 1.54) is 11.8 Å². The second kappa shape index (κ2) is 7.10. The molecule has 8 heteroatoms. The van der Waals surface area contributed by atoms with Crippen LogP contribution in [-0.4, -0.2) is 33.0 Å². The van der Waals surface area contributed by atoms with E-state index >= 15 is 0 Å². The molecular weight excluding hydrogens is 330 g/mol. The number of carbonyl (C=O) groups is 1. The molecule has 0 fully saturated rings. The van der Waals surface area contributed by atoms with Gasteiger partial charge in [0.1, 0.15) is 0 Å². The summed E-state index contributed by atoms with van der Waals surface area (Å²) in [5.41, 5.74) is 1.56. The van der Waals surface area contributed by atoms with Gasteiger partial charge in [0.25, 0.3) is 5.91 Å². The Morgan fingerprint density at radius 2 is 2.00 bits per heavy atom. The number of hydrogen-bond donors (Lipinski definition) is 1. The lowest BCUT2D eigenvalue weighted by Gasteiger charge is -2.08. The van der Waals surface area contributed by atoms with Gasteiger partial charge in [-0.1, -0.05) is 35.0 Å². The van der Waals surface area contributed by atoms with E-state index in [4.69, 9.17) is 16.3 Å². The van der Waals surface area contributed by atoms with Gasteiger partial charge in [-0.3, -0.25) is 9.78 Å². The van der Waals surface area contributed by atoms with E-state index < -0.39 is 5.91 Å². The molecule has 0 saturated heterocycles. The molecule has 2 heterocycles. The van der Waals surface area contributed by atoms with Crippen LogP contribution in [0.2, 0.25) is 5.02 Å². The summed E-state index contributed by atoms with van der Waals surface area (Å²) in [4.78, 5) is 16.3. The van der Waals surface area contributed by atoms with Gasteiger partial charge in [-0.05, 0) is 23.8 Å². The molecular formula is C16H14ClN5O2. The Bertz CT molecular complexity index is 851. The number of aromatic nitrogens is 4. The topological polar surface area (TPSA) is 81.9 Å². The molecule has 0 atom stereocenters. The first-order chi connectivity index (χ1) is 11.7. The summed E-state index contributed by atoms with van der Waals surface area (Å²) in [5.74, 6) is -0.148. The molecule has 7 nitrogen and oxygen atoms in total. The lowest BCUT2D eigenvalue weighted by molar-refractivity contribution is 0.101. The van der Waals surface area contributed by atoms with Gasteiger partial charge in [0, 0.05) is 23.1 Å². The molecule has 0 unspecified atom stereocenters. The number of methoxy groups -OCH3 is 1. The first kappa shape index (κ1) is 15.9. The minimum absolute atomic E-state index is 0.0985. The van der Waals surface area contributed by atoms with Crippen molar-refractivity contribution in [3.05, 3.63) is 65.1 Å². The Morgan fingerprint density at radius 3 is 2.71 bits per heavy atom. The quantitative estimate of drug-likeness (QED) is 0.770. The van der Waals surface area contributed by atoms with Gasteiger partial charge in [-0.25, -0.2) is 4.68 Å². The molecule has 0 bridgehead atoms. The zero-order chi connectivity index (χ0) is 16.9. The summed E-state index contributed by atoms with van der Waals surface area (Å²) in [7, 11) is 1.46. The fraction of sp³-hybridized carbons (Fsp3) is 0.125. The molecule has 3 rings (SSSR count). The number of nitrogens with one attached hydrogen (secondary N) is 1. The molecule has 1 amide bonds. The fourth-order valence-corrected chi connectivity index (χ4v) is 2.36. The third kappa shape index (κ3) is 3.36. The molecule has 0 radical (unpaired) electrons. The van der Waals surface area contributed by atoms with Gasteiger partial charge in [0.05, 0.1) is 13.7 Å². The zero-order valence-electron chi connectivity index (χ0n) is 12.8. The number of halogens is 1. The van der Waals surface area contributed by atoms with Gasteiger partial charge < -0.3 is 10.1 Å². The highest BCUT2D eigenvalue weighted by molar-refractivity contribution is 6.31. The van der Waals surface area contributed by atoms with Crippen molar-refractivity contribution in [3.63, 3.8) is 0 Å². The second-order valence-corrected chi connectivity index (χ2v) is 5.29. The van der Waals surface area contributed by atoms with Gasteiger partial charge in [0.15, 0.2) is 0 Å². The molecule has 0 aliphatic heterocycles. The molecule has 1 aromatic carbocycles. The highest BCUT2D eigenvalue weighted by atomic mass is 35.5. The molecule has 2 aromatic heterocycles. The molecule has 0 aliphatic carbocycles. The normalized spacial score (nSPS) is 10.4. The van der Waals surface area contributed by atoms with E-state index in [-0.39, 0.29) is 11.6 Å². The van der Waals surface area contributed by atoms with Crippen molar-refractivity contribution in [2.24, 2.45) is 0 Å². The molecule has 0 aliphatic rings. The van der Waals surface area contributed by atoms with Crippen LogP contribution in [0.15, 0.2) is 48.8 Å². The average molecular weight is 344 g/mol. The summed E-state index contributed by atoms with van der Waals surface area (Å²) in [6.07, 6.45) is 3.17. The Kier molecular flexibility index (Phi) is 4.72. The van der Waals surface area contributed by atoms with Crippen LogP contribution in [0, 0.1) is 0 Å². The van der Waals surface area contributed by atoms with Crippen molar-refractivity contribution in [1.29, 1.82) is 0 Å². The van der Waals surface area contributed by atoms with E-state index in [1.54, 1.807) is 30.6 Å². The smallest absolute Gasteiger partial charge is 0.281 e. The van der Waals surface area contributed by atoms with Crippen molar-refractivity contribution in [2.45, 2.75) is 6.54 Å². The first-order valence-corrected chi connectivity index (χ1v) is 7.49. The van der Waals surface area contributed by atoms with Crippen molar-refractivity contribution in [1.82, 2.24) is 20.0 Å². The average Bonchev–Trinajstić information content (AvgIpc) is 3.00. The second-order valence-electron chi connectivity index (χ2n) is 4.89. The summed E-state index contributed by atoms with van der Waals surface area (Å²) in [6, 6.07) is 10.7. The van der Waals surface area contributed by atoms with Crippen molar-refractivity contribution in [2.75, 3.05) is 12.4 Å². The number of hydrogen-bond acceptors (Lipinski definition) is 5. The van der Waals surface area contributed by atoms with Crippen LogP contribution in [0.4, 0.5) is 5.69 Å². The minimum atomic E-state index is -0.413. The highest BCUT2D eigenvalue weighted by Gasteiger charge is 2.21. The SMILES string of the molecule is COc1c(C(=O)Nc2ccncc2)nnn1Cc1ccccc1Cl. The summed E-state index contributed by atoms with van der Waals surface area (Å²) >= 11 is 6.16. The van der Waals surface area contributed by atoms with Crippen LogP contribution < -0.4 is 10.1 Å². The fourth-order valence-electron chi connectivity index (χ4n) is 2.17. The number of amides is 1. The van der Waals surface area contributed by atoms with E-state index in [1.807, 2.05) is 18.2 Å². The number of carbonyl (C=O) groups excluding carboxylic acids is 1. The summed E-state index contributed by atoms with van der Waals surface area (Å²) in [5, 5.41) is 11.3. The number of ether oxygens (including phenoxy) is 1. The van der Waals surface area contributed by atoms with Crippen LogP contribution in [0.3, 0.4) is 0 Å². The Balaban J connectivity index is 1.84. The number of nitrogens with zero attached hydrogens (tertiary/aromatic N) is 4. The van der Waals surface area contributed by atoms with Gasteiger partial charge in [-0.2, -0.15) is 0 Å². The van der Waals surface area contributed by atoms with Crippen LogP contribution in [0.1, 0.15) is 16.1 Å². The summed E-state index contributed by atoms with van der Waals surface area (Å²) < 4.78 is 6.80. The number of rotatable bonds is 5. The highest BCUT2D eigenvalue weighted by Crippen LogP contribution is 2.21.